The highest BCUT2D eigenvalue weighted by Gasteiger charge is 2.78. The number of benzene rings is 1. The lowest BCUT2D eigenvalue weighted by molar-refractivity contribution is -0.187. The van der Waals surface area contributed by atoms with Gasteiger partial charge in [0.05, 0.1) is 13.2 Å². The van der Waals surface area contributed by atoms with Gasteiger partial charge in [-0.1, -0.05) is 17.7 Å². The van der Waals surface area contributed by atoms with E-state index in [1.165, 1.54) is 6.92 Å². The molecule has 2 bridgehead atoms. The third-order valence-electron chi connectivity index (χ3n) is 4.72. The molecule has 1 saturated heterocycles. The van der Waals surface area contributed by atoms with E-state index < -0.39 is 35.0 Å². The summed E-state index contributed by atoms with van der Waals surface area (Å²) < 4.78 is 15.8. The van der Waals surface area contributed by atoms with Crippen molar-refractivity contribution < 1.29 is 28.6 Å². The number of hydrogen-bond donors (Lipinski definition) is 1. The van der Waals surface area contributed by atoms with Crippen molar-refractivity contribution in [1.29, 1.82) is 0 Å². The molecule has 134 valence electrons. The van der Waals surface area contributed by atoms with Gasteiger partial charge in [-0.2, -0.15) is 0 Å². The predicted molar refractivity (Wildman–Crippen MR) is 88.0 cm³/mol. The summed E-state index contributed by atoms with van der Waals surface area (Å²) in [5.74, 6) is -2.45. The fourth-order valence-electron chi connectivity index (χ4n) is 3.63. The van der Waals surface area contributed by atoms with Crippen LogP contribution >= 0.6 is 11.6 Å². The number of carbonyl (C=O) groups excluding carboxylic acids is 3. The van der Waals surface area contributed by atoms with Gasteiger partial charge in [-0.05, 0) is 32.9 Å². The third-order valence-corrected chi connectivity index (χ3v) is 4.95. The van der Waals surface area contributed by atoms with Gasteiger partial charge in [0.1, 0.15) is 0 Å². The zero-order chi connectivity index (χ0) is 18.4. The molecule has 0 spiro atoms. The van der Waals surface area contributed by atoms with Gasteiger partial charge in [0.25, 0.3) is 0 Å². The van der Waals surface area contributed by atoms with E-state index in [9.17, 15) is 14.4 Å². The number of anilines is 1. The van der Waals surface area contributed by atoms with E-state index in [0.29, 0.717) is 16.3 Å². The molecule has 0 amide bonds. The first-order valence-corrected chi connectivity index (χ1v) is 8.34. The van der Waals surface area contributed by atoms with Crippen molar-refractivity contribution in [1.82, 2.24) is 0 Å². The normalized spacial score (nSPS) is 25.4. The van der Waals surface area contributed by atoms with Crippen LogP contribution in [0.25, 0.3) is 0 Å². The first-order chi connectivity index (χ1) is 11.8. The molecule has 3 rings (SSSR count). The molecule has 0 saturated carbocycles. The van der Waals surface area contributed by atoms with E-state index in [1.807, 2.05) is 0 Å². The molecule has 1 N–H and O–H groups in total. The highest BCUT2D eigenvalue weighted by atomic mass is 35.5. The molecular weight excluding hydrogens is 350 g/mol. The second-order valence-corrected chi connectivity index (χ2v) is 6.41. The lowest BCUT2D eigenvalue weighted by Crippen LogP contribution is -2.63. The van der Waals surface area contributed by atoms with Gasteiger partial charge in [0.2, 0.25) is 5.41 Å². The molecule has 25 heavy (non-hydrogen) atoms. The molecule has 2 atom stereocenters. The molecule has 7 nitrogen and oxygen atoms in total. The molecule has 0 aliphatic carbocycles. The van der Waals surface area contributed by atoms with Gasteiger partial charge in [-0.25, -0.2) is 4.79 Å². The zero-order valence-corrected chi connectivity index (χ0v) is 14.8. The number of carbonyl (C=O) groups is 3. The summed E-state index contributed by atoms with van der Waals surface area (Å²) in [6.07, 6.45) is 0. The van der Waals surface area contributed by atoms with Crippen LogP contribution in [0.15, 0.2) is 18.2 Å². The van der Waals surface area contributed by atoms with Crippen LogP contribution in [0.4, 0.5) is 5.69 Å². The molecule has 2 aliphatic rings. The molecule has 2 aliphatic heterocycles. The Morgan fingerprint density at radius 2 is 1.84 bits per heavy atom. The smallest absolute Gasteiger partial charge is 0.331 e. The van der Waals surface area contributed by atoms with Crippen molar-refractivity contribution in [3.05, 3.63) is 28.8 Å². The minimum atomic E-state index is -1.98. The van der Waals surface area contributed by atoms with Crippen LogP contribution in [-0.4, -0.2) is 37.2 Å². The molecule has 8 heteroatoms. The van der Waals surface area contributed by atoms with Crippen molar-refractivity contribution in [2.24, 2.45) is 5.41 Å². The maximum Gasteiger partial charge on any atom is 0.331 e. The lowest BCUT2D eigenvalue weighted by Gasteiger charge is -2.43. The Morgan fingerprint density at radius 3 is 2.40 bits per heavy atom. The predicted octanol–water partition coefficient (Wildman–Crippen LogP) is 2.02. The summed E-state index contributed by atoms with van der Waals surface area (Å²) in [5, 5.41) is 3.36. The molecule has 1 aromatic carbocycles. The van der Waals surface area contributed by atoms with E-state index in [4.69, 9.17) is 25.8 Å². The maximum absolute atomic E-state index is 12.9. The molecule has 0 unspecified atom stereocenters. The second-order valence-electron chi connectivity index (χ2n) is 5.97. The molecular formula is C17H18ClNO6. The van der Waals surface area contributed by atoms with Crippen molar-refractivity contribution >= 4 is 35.2 Å². The number of fused-ring (bicyclic) bond motifs is 4. The van der Waals surface area contributed by atoms with E-state index in [0.717, 1.165) is 0 Å². The van der Waals surface area contributed by atoms with Crippen LogP contribution in [0.2, 0.25) is 5.02 Å². The highest BCUT2D eigenvalue weighted by molar-refractivity contribution is 6.31. The van der Waals surface area contributed by atoms with Crippen molar-refractivity contribution in [3.8, 4) is 0 Å². The average Bonchev–Trinajstić information content (AvgIpc) is 2.69. The minimum absolute atomic E-state index is 0.0461. The largest absolute Gasteiger partial charge is 0.465 e. The number of nitrogens with one attached hydrogen (secondary N) is 1. The quantitative estimate of drug-likeness (QED) is 0.494. The topological polar surface area (TPSA) is 90.9 Å². The average molecular weight is 368 g/mol. The molecule has 2 heterocycles. The monoisotopic (exact) mass is 367 g/mol. The van der Waals surface area contributed by atoms with Crippen LogP contribution in [0.3, 0.4) is 0 Å². The van der Waals surface area contributed by atoms with Gasteiger partial charge in [0, 0.05) is 16.3 Å². The van der Waals surface area contributed by atoms with E-state index in [1.54, 1.807) is 32.0 Å². The van der Waals surface area contributed by atoms with Crippen molar-refractivity contribution in [2.45, 2.75) is 32.4 Å². The van der Waals surface area contributed by atoms with Gasteiger partial charge in [-0.15, -0.1) is 0 Å². The van der Waals surface area contributed by atoms with E-state index in [-0.39, 0.29) is 13.2 Å². The van der Waals surface area contributed by atoms with Crippen LogP contribution < -0.4 is 5.32 Å². The third kappa shape index (κ3) is 2.15. The van der Waals surface area contributed by atoms with E-state index >= 15 is 0 Å². The summed E-state index contributed by atoms with van der Waals surface area (Å²) in [4.78, 5) is 38.3. The first kappa shape index (κ1) is 17.5. The Labute approximate surface area is 149 Å². The minimum Gasteiger partial charge on any atom is -0.465 e. The fourth-order valence-corrected chi connectivity index (χ4v) is 3.81. The summed E-state index contributed by atoms with van der Waals surface area (Å²) >= 11 is 6.02. The molecule has 1 aromatic rings. The van der Waals surface area contributed by atoms with Crippen LogP contribution in [-0.2, 0) is 34.2 Å². The number of ether oxygens (including phenoxy) is 3. The Bertz CT molecular complexity index is 746. The van der Waals surface area contributed by atoms with Crippen LogP contribution in [0.5, 0.6) is 0 Å². The van der Waals surface area contributed by atoms with Gasteiger partial charge >= 0.3 is 17.9 Å². The van der Waals surface area contributed by atoms with Gasteiger partial charge in [-0.3, -0.25) is 9.59 Å². The lowest BCUT2D eigenvalue weighted by atomic mass is 9.64. The van der Waals surface area contributed by atoms with Crippen LogP contribution in [0, 0.1) is 5.41 Å². The van der Waals surface area contributed by atoms with Crippen LogP contribution in [0.1, 0.15) is 26.3 Å². The molecule has 1 fully saturated rings. The molecule has 0 radical (unpaired) electrons. The first-order valence-electron chi connectivity index (χ1n) is 7.96. The fraction of sp³-hybridized carbons (Fsp3) is 0.471. The molecule has 0 aromatic heterocycles. The van der Waals surface area contributed by atoms with Gasteiger partial charge in [0.15, 0.2) is 11.6 Å². The van der Waals surface area contributed by atoms with Crippen molar-refractivity contribution in [2.75, 3.05) is 18.5 Å². The summed E-state index contributed by atoms with van der Waals surface area (Å²) in [5.41, 5.74) is -2.56. The van der Waals surface area contributed by atoms with Crippen molar-refractivity contribution in [3.63, 3.8) is 0 Å². The highest BCUT2D eigenvalue weighted by Crippen LogP contribution is 2.58. The number of esters is 3. The SMILES string of the molecule is CCOC(=O)C1(C(=O)OCC)[C@@H]2Nc3cc(Cl)ccc3[C@@]1(C)OC2=O. The number of rotatable bonds is 4. The Morgan fingerprint density at radius 1 is 1.24 bits per heavy atom. The maximum atomic E-state index is 12.9. The zero-order valence-electron chi connectivity index (χ0n) is 14.1. The number of hydrogen-bond acceptors (Lipinski definition) is 7. The second kappa shape index (κ2) is 5.91. The van der Waals surface area contributed by atoms with Gasteiger partial charge < -0.3 is 19.5 Å². The number of halogens is 1. The summed E-state index contributed by atoms with van der Waals surface area (Å²) in [6.45, 7) is 4.85. The summed E-state index contributed by atoms with van der Waals surface area (Å²) in [6, 6.07) is 3.57. The Balaban J connectivity index is 2.28. The Kier molecular flexibility index (Phi) is 4.15. The summed E-state index contributed by atoms with van der Waals surface area (Å²) in [7, 11) is 0. The Hall–Kier alpha value is -2.28. The van der Waals surface area contributed by atoms with E-state index in [2.05, 4.69) is 5.32 Å². The standard InChI is InChI=1S/C17H18ClNO6/c1-4-23-14(21)17(15(22)24-5-2)12-13(20)25-16(17,3)10-7-6-9(18)8-11(10)19-12/h6-8,12,19H,4-5H2,1-3H3/t12-,16-/m1/s1.